The summed E-state index contributed by atoms with van der Waals surface area (Å²) < 4.78 is 6.31. The Balaban J connectivity index is 1.60. The molecule has 2 nitrogen and oxygen atoms in total. The number of thioether (sulfide) groups is 1. The molecule has 0 spiro atoms. The molecule has 0 bridgehead atoms. The monoisotopic (exact) mass is 699 g/mol. The molecule has 0 aliphatic carbocycles. The van der Waals surface area contributed by atoms with Gasteiger partial charge >= 0.3 is 0 Å². The molecule has 0 amide bonds. The normalized spacial score (nSPS) is 11.4. The number of hydrogen-bond acceptors (Lipinski definition) is 4. The first-order valence-electron chi connectivity index (χ1n) is 20.6. The molecule has 0 aliphatic heterocycles. The first kappa shape index (κ1) is 42.9. The first-order chi connectivity index (χ1) is 23.7. The topological polar surface area (TPSA) is 29.5 Å². The molecule has 274 valence electrons. The van der Waals surface area contributed by atoms with Crippen molar-refractivity contribution in [3.05, 3.63) is 42.5 Å². The van der Waals surface area contributed by atoms with Gasteiger partial charge in [-0.3, -0.25) is 0 Å². The lowest BCUT2D eigenvalue weighted by Gasteiger charge is -2.12. The summed E-state index contributed by atoms with van der Waals surface area (Å²) in [7, 11) is 0. The highest BCUT2D eigenvalue weighted by atomic mass is 32.2. The maximum Gasteiger partial charge on any atom is 0.121 e. The Hall–Kier alpha value is -1.26. The number of aromatic hydroxyl groups is 1. The Morgan fingerprint density at radius 1 is 0.438 bits per heavy atom. The standard InChI is InChI=1S/C44H74O2S2/c1-3-5-7-9-11-13-15-17-18-20-22-24-26-28-30-36-47-43-37-41(38-44(39-43)48-42-33-31-40(45)32-34-42)46-35-29-27-25-23-21-19-16-14-12-10-8-6-4-2/h31-34,37-39,45H,3-30,35-36H2,1-2H3. The van der Waals surface area contributed by atoms with E-state index in [0.717, 1.165) is 23.7 Å². The molecule has 2 rings (SSSR count). The lowest BCUT2D eigenvalue weighted by molar-refractivity contribution is 0.303. The number of unbranched alkanes of at least 4 members (excludes halogenated alkanes) is 26. The maximum absolute atomic E-state index is 9.70. The van der Waals surface area contributed by atoms with Gasteiger partial charge < -0.3 is 9.84 Å². The van der Waals surface area contributed by atoms with E-state index in [4.69, 9.17) is 4.74 Å². The van der Waals surface area contributed by atoms with Crippen LogP contribution < -0.4 is 4.74 Å². The Morgan fingerprint density at radius 3 is 1.29 bits per heavy atom. The number of benzene rings is 2. The largest absolute Gasteiger partial charge is 0.508 e. The van der Waals surface area contributed by atoms with Crippen LogP contribution in [-0.2, 0) is 0 Å². The molecule has 0 heterocycles. The van der Waals surface area contributed by atoms with Crippen LogP contribution in [0, 0.1) is 0 Å². The molecule has 0 fully saturated rings. The van der Waals surface area contributed by atoms with Crippen molar-refractivity contribution in [1.29, 1.82) is 0 Å². The van der Waals surface area contributed by atoms with Crippen molar-refractivity contribution >= 4 is 23.5 Å². The Labute approximate surface area is 306 Å². The highest BCUT2D eigenvalue weighted by Gasteiger charge is 2.07. The lowest BCUT2D eigenvalue weighted by atomic mass is 10.0. The molecule has 0 saturated carbocycles. The second kappa shape index (κ2) is 31.7. The van der Waals surface area contributed by atoms with Gasteiger partial charge in [-0.2, -0.15) is 0 Å². The van der Waals surface area contributed by atoms with Gasteiger partial charge in [0.2, 0.25) is 0 Å². The highest BCUT2D eigenvalue weighted by molar-refractivity contribution is 8.00. The van der Waals surface area contributed by atoms with Gasteiger partial charge in [0.1, 0.15) is 11.5 Å². The van der Waals surface area contributed by atoms with Gasteiger partial charge in [0.05, 0.1) is 6.61 Å². The smallest absolute Gasteiger partial charge is 0.121 e. The van der Waals surface area contributed by atoms with Crippen molar-refractivity contribution in [2.24, 2.45) is 0 Å². The average molecular weight is 699 g/mol. The summed E-state index contributed by atoms with van der Waals surface area (Å²) in [6.07, 6.45) is 39.0. The Bertz CT molecular complexity index is 976. The van der Waals surface area contributed by atoms with Crippen LogP contribution in [0.2, 0.25) is 0 Å². The molecule has 0 saturated heterocycles. The van der Waals surface area contributed by atoms with E-state index >= 15 is 0 Å². The van der Waals surface area contributed by atoms with Gasteiger partial charge in [0.15, 0.2) is 0 Å². The van der Waals surface area contributed by atoms with E-state index < -0.39 is 0 Å². The molecule has 0 aliphatic rings. The second-order valence-corrected chi connectivity index (χ2v) is 16.4. The molecule has 4 heteroatoms. The van der Waals surface area contributed by atoms with Gasteiger partial charge in [-0.15, -0.1) is 11.8 Å². The zero-order valence-corrected chi connectivity index (χ0v) is 33.1. The number of phenols is 1. The van der Waals surface area contributed by atoms with E-state index in [-0.39, 0.29) is 0 Å². The van der Waals surface area contributed by atoms with Gasteiger partial charge in [0.25, 0.3) is 0 Å². The molecule has 0 unspecified atom stereocenters. The molecule has 2 aromatic rings. The summed E-state index contributed by atoms with van der Waals surface area (Å²) in [6.45, 7) is 5.39. The van der Waals surface area contributed by atoms with Crippen LogP contribution in [0.1, 0.15) is 194 Å². The summed E-state index contributed by atoms with van der Waals surface area (Å²) in [5, 5.41) is 9.70. The number of phenolic OH excluding ortho intramolecular Hbond substituents is 1. The highest BCUT2D eigenvalue weighted by Crippen LogP contribution is 2.35. The van der Waals surface area contributed by atoms with Gasteiger partial charge in [0, 0.05) is 14.7 Å². The molecule has 2 aromatic carbocycles. The van der Waals surface area contributed by atoms with Gasteiger partial charge in [-0.1, -0.05) is 193 Å². The molecule has 1 N–H and O–H groups in total. The van der Waals surface area contributed by atoms with E-state index in [1.807, 2.05) is 23.9 Å². The number of hydrogen-bond donors (Lipinski definition) is 1. The van der Waals surface area contributed by atoms with Crippen LogP contribution in [0.25, 0.3) is 0 Å². The molecule has 0 aromatic heterocycles. The van der Waals surface area contributed by atoms with Crippen molar-refractivity contribution in [3.63, 3.8) is 0 Å². The third-order valence-electron chi connectivity index (χ3n) is 9.46. The van der Waals surface area contributed by atoms with E-state index in [1.165, 1.54) is 189 Å². The van der Waals surface area contributed by atoms with Crippen LogP contribution >= 0.6 is 23.5 Å². The molecular formula is C44H74O2S2. The minimum Gasteiger partial charge on any atom is -0.508 e. The zero-order chi connectivity index (χ0) is 34.2. The zero-order valence-electron chi connectivity index (χ0n) is 31.4. The van der Waals surface area contributed by atoms with Crippen molar-refractivity contribution < 1.29 is 9.84 Å². The van der Waals surface area contributed by atoms with E-state index in [9.17, 15) is 5.11 Å². The van der Waals surface area contributed by atoms with Crippen LogP contribution in [-0.4, -0.2) is 17.5 Å². The third kappa shape index (κ3) is 24.8. The van der Waals surface area contributed by atoms with E-state index in [2.05, 4.69) is 32.0 Å². The number of ether oxygens (including phenoxy) is 1. The fraction of sp³-hybridized carbons (Fsp3) is 0.727. The van der Waals surface area contributed by atoms with Crippen molar-refractivity contribution in [2.75, 3.05) is 12.4 Å². The average Bonchev–Trinajstić information content (AvgIpc) is 3.09. The predicted octanol–water partition coefficient (Wildman–Crippen LogP) is 16.0. The fourth-order valence-corrected chi connectivity index (χ4v) is 8.37. The van der Waals surface area contributed by atoms with Crippen LogP contribution in [0.4, 0.5) is 0 Å². The van der Waals surface area contributed by atoms with Crippen molar-refractivity contribution in [3.8, 4) is 11.5 Å². The van der Waals surface area contributed by atoms with Crippen LogP contribution in [0.5, 0.6) is 11.5 Å². The molecular weight excluding hydrogens is 625 g/mol. The second-order valence-electron chi connectivity index (χ2n) is 14.1. The number of rotatable bonds is 34. The summed E-state index contributed by atoms with van der Waals surface area (Å²) in [5.74, 6) is 2.48. The quantitative estimate of drug-likeness (QED) is 0.0582. The maximum atomic E-state index is 9.70. The van der Waals surface area contributed by atoms with E-state index in [0.29, 0.717) is 5.75 Å². The van der Waals surface area contributed by atoms with Gasteiger partial charge in [-0.05, 0) is 61.1 Å². The Kier molecular flexibility index (Phi) is 28.3. The minimum atomic E-state index is 0.314. The van der Waals surface area contributed by atoms with Crippen molar-refractivity contribution in [1.82, 2.24) is 0 Å². The van der Waals surface area contributed by atoms with Gasteiger partial charge in [-0.25, -0.2) is 0 Å². The summed E-state index contributed by atoms with van der Waals surface area (Å²) in [4.78, 5) is 3.66. The van der Waals surface area contributed by atoms with Crippen LogP contribution in [0.3, 0.4) is 0 Å². The summed E-state index contributed by atoms with van der Waals surface area (Å²) in [5.41, 5.74) is 0. The molecule has 48 heavy (non-hydrogen) atoms. The van der Waals surface area contributed by atoms with E-state index in [1.54, 1.807) is 23.9 Å². The Morgan fingerprint density at radius 2 is 0.833 bits per heavy atom. The lowest BCUT2D eigenvalue weighted by Crippen LogP contribution is -1.98. The minimum absolute atomic E-state index is 0.314. The molecule has 0 radical (unpaired) electrons. The third-order valence-corrected chi connectivity index (χ3v) is 11.5. The van der Waals surface area contributed by atoms with Crippen molar-refractivity contribution in [2.45, 2.75) is 208 Å². The summed E-state index contributed by atoms with van der Waals surface area (Å²) in [6, 6.07) is 14.3. The molecule has 0 atom stereocenters. The fourth-order valence-electron chi connectivity index (χ4n) is 6.39. The predicted molar refractivity (Wildman–Crippen MR) is 216 cm³/mol. The SMILES string of the molecule is CCCCCCCCCCCCCCCCCSc1cc(OCCCCCCCCCCCCCCC)cc(Sc2ccc(O)cc2)c1. The van der Waals surface area contributed by atoms with Crippen LogP contribution in [0.15, 0.2) is 57.2 Å². The summed E-state index contributed by atoms with van der Waals surface area (Å²) >= 11 is 3.72. The first-order valence-corrected chi connectivity index (χ1v) is 22.4.